The Morgan fingerprint density at radius 2 is 1.97 bits per heavy atom. The largest absolute Gasteiger partial charge is 0.497 e. The third kappa shape index (κ3) is 4.10. The summed E-state index contributed by atoms with van der Waals surface area (Å²) in [5, 5.41) is 5.55. The zero-order valence-electron chi connectivity index (χ0n) is 18.1. The second-order valence-corrected chi connectivity index (χ2v) is 8.12. The number of aromatic nitrogens is 1. The number of benzene rings is 1. The third-order valence-electron chi connectivity index (χ3n) is 6.12. The van der Waals surface area contributed by atoms with Gasteiger partial charge < -0.3 is 20.1 Å². The molecule has 2 unspecified atom stereocenters. The Morgan fingerprint density at radius 3 is 2.69 bits per heavy atom. The highest BCUT2D eigenvalue weighted by Crippen LogP contribution is 2.38. The summed E-state index contributed by atoms with van der Waals surface area (Å²) in [5.74, 6) is 0.587. The van der Waals surface area contributed by atoms with Crippen molar-refractivity contribution in [3.63, 3.8) is 0 Å². The molecule has 1 saturated carbocycles. The topological polar surface area (TPSA) is 110 Å². The van der Waals surface area contributed by atoms with E-state index in [0.29, 0.717) is 23.6 Å². The molecular formula is C23H26N4O5. The summed E-state index contributed by atoms with van der Waals surface area (Å²) >= 11 is 0. The molecule has 1 aliphatic carbocycles. The average Bonchev–Trinajstić information content (AvgIpc) is 3.02. The number of pyridine rings is 1. The van der Waals surface area contributed by atoms with Crippen molar-refractivity contribution in [3.05, 3.63) is 42.6 Å². The standard InChI is InChI=1S/C23H26N4O5/c1-15-6-3-4-12-23(15)21(29)27(22(30)26-23)14-19(28)25-18-7-5-13-24-20(18)32-17-10-8-16(31-2)9-11-17/h5,7-11,13,15H,3-4,6,12,14H2,1-2H3,(H,25,28)(H,26,30). The lowest BCUT2D eigenvalue weighted by molar-refractivity contribution is -0.136. The van der Waals surface area contributed by atoms with Gasteiger partial charge in [-0.2, -0.15) is 0 Å². The number of nitrogens with zero attached hydrogens (tertiary/aromatic N) is 2. The molecule has 0 bridgehead atoms. The van der Waals surface area contributed by atoms with E-state index >= 15 is 0 Å². The fourth-order valence-corrected chi connectivity index (χ4v) is 4.30. The van der Waals surface area contributed by atoms with Crippen LogP contribution in [-0.4, -0.2) is 46.9 Å². The number of urea groups is 1. The van der Waals surface area contributed by atoms with E-state index in [2.05, 4.69) is 15.6 Å². The second kappa shape index (κ2) is 8.86. The molecular weight excluding hydrogens is 412 g/mol. The first-order valence-electron chi connectivity index (χ1n) is 10.6. The molecule has 1 aliphatic heterocycles. The lowest BCUT2D eigenvalue weighted by Crippen LogP contribution is -2.54. The van der Waals surface area contributed by atoms with Crippen LogP contribution in [0.25, 0.3) is 0 Å². The molecule has 1 spiro atoms. The van der Waals surface area contributed by atoms with Crippen LogP contribution in [0, 0.1) is 5.92 Å². The number of methoxy groups -OCH3 is 1. The number of rotatable bonds is 6. The molecule has 0 radical (unpaired) electrons. The van der Waals surface area contributed by atoms with Gasteiger partial charge >= 0.3 is 6.03 Å². The van der Waals surface area contributed by atoms with Crippen LogP contribution < -0.4 is 20.1 Å². The van der Waals surface area contributed by atoms with Crippen molar-refractivity contribution in [1.82, 2.24) is 15.2 Å². The first-order valence-corrected chi connectivity index (χ1v) is 10.6. The van der Waals surface area contributed by atoms with Crippen molar-refractivity contribution in [2.24, 2.45) is 5.92 Å². The highest BCUT2D eigenvalue weighted by Gasteiger charge is 2.55. The van der Waals surface area contributed by atoms with Gasteiger partial charge in [0.15, 0.2) is 0 Å². The molecule has 2 heterocycles. The zero-order valence-corrected chi connectivity index (χ0v) is 18.1. The monoisotopic (exact) mass is 438 g/mol. The molecule has 4 amide bonds. The molecule has 2 aromatic rings. The van der Waals surface area contributed by atoms with Crippen LogP contribution >= 0.6 is 0 Å². The molecule has 9 heteroatoms. The Labute approximate surface area is 186 Å². The van der Waals surface area contributed by atoms with Crippen molar-refractivity contribution in [2.75, 3.05) is 19.0 Å². The Kier molecular flexibility index (Phi) is 5.98. The Bertz CT molecular complexity index is 1030. The van der Waals surface area contributed by atoms with E-state index in [9.17, 15) is 14.4 Å². The summed E-state index contributed by atoms with van der Waals surface area (Å²) in [6, 6.07) is 9.70. The maximum atomic E-state index is 13.1. The van der Waals surface area contributed by atoms with E-state index in [-0.39, 0.29) is 24.2 Å². The predicted molar refractivity (Wildman–Crippen MR) is 117 cm³/mol. The molecule has 2 fully saturated rings. The Hall–Kier alpha value is -3.62. The molecule has 2 aliphatic rings. The second-order valence-electron chi connectivity index (χ2n) is 8.12. The van der Waals surface area contributed by atoms with E-state index < -0.39 is 17.5 Å². The Balaban J connectivity index is 1.44. The van der Waals surface area contributed by atoms with Crippen molar-refractivity contribution in [1.29, 1.82) is 0 Å². The molecule has 1 aromatic heterocycles. The van der Waals surface area contributed by atoms with Crippen molar-refractivity contribution >= 4 is 23.5 Å². The molecule has 1 saturated heterocycles. The minimum Gasteiger partial charge on any atom is -0.497 e. The van der Waals surface area contributed by atoms with E-state index in [0.717, 1.165) is 24.2 Å². The van der Waals surface area contributed by atoms with E-state index in [1.54, 1.807) is 49.7 Å². The molecule has 4 rings (SSSR count). The summed E-state index contributed by atoms with van der Waals surface area (Å²) in [4.78, 5) is 43.5. The molecule has 2 N–H and O–H groups in total. The fourth-order valence-electron chi connectivity index (χ4n) is 4.30. The minimum atomic E-state index is -0.896. The minimum absolute atomic E-state index is 0.0311. The van der Waals surface area contributed by atoms with E-state index in [1.807, 2.05) is 6.92 Å². The lowest BCUT2D eigenvalue weighted by Gasteiger charge is -2.36. The number of imide groups is 1. The first-order chi connectivity index (χ1) is 15.4. The van der Waals surface area contributed by atoms with Crippen LogP contribution in [0.2, 0.25) is 0 Å². The average molecular weight is 438 g/mol. The zero-order chi connectivity index (χ0) is 22.7. The van der Waals surface area contributed by atoms with Crippen LogP contribution in [0.15, 0.2) is 42.6 Å². The summed E-state index contributed by atoms with van der Waals surface area (Å²) in [7, 11) is 1.57. The van der Waals surface area contributed by atoms with Gasteiger partial charge in [-0.15, -0.1) is 0 Å². The lowest BCUT2D eigenvalue weighted by atomic mass is 9.73. The van der Waals surface area contributed by atoms with Crippen molar-refractivity contribution in [3.8, 4) is 17.4 Å². The highest BCUT2D eigenvalue weighted by molar-refractivity contribution is 6.10. The number of nitrogens with one attached hydrogen (secondary N) is 2. The molecule has 1 aromatic carbocycles. The number of anilines is 1. The predicted octanol–water partition coefficient (Wildman–Crippen LogP) is 3.32. The van der Waals surface area contributed by atoms with Crippen LogP contribution in [0.3, 0.4) is 0 Å². The summed E-state index contributed by atoms with van der Waals surface area (Å²) in [5.41, 5.74) is -0.562. The smallest absolute Gasteiger partial charge is 0.325 e. The maximum absolute atomic E-state index is 13.1. The summed E-state index contributed by atoms with van der Waals surface area (Å²) in [6.45, 7) is 1.59. The number of carbonyl (C=O) groups excluding carboxylic acids is 3. The van der Waals surface area contributed by atoms with E-state index in [1.165, 1.54) is 0 Å². The van der Waals surface area contributed by atoms with Crippen molar-refractivity contribution in [2.45, 2.75) is 38.1 Å². The SMILES string of the molecule is COc1ccc(Oc2ncccc2NC(=O)CN2C(=O)NC3(CCCCC3C)C2=O)cc1. The third-order valence-corrected chi connectivity index (χ3v) is 6.12. The summed E-state index contributed by atoms with van der Waals surface area (Å²) < 4.78 is 10.9. The van der Waals surface area contributed by atoms with Gasteiger partial charge in [0.1, 0.15) is 29.3 Å². The maximum Gasteiger partial charge on any atom is 0.325 e. The molecule has 2 atom stereocenters. The number of carbonyl (C=O) groups is 3. The Morgan fingerprint density at radius 1 is 1.22 bits per heavy atom. The van der Waals surface area contributed by atoms with Gasteiger partial charge in [-0.1, -0.05) is 19.8 Å². The molecule has 168 valence electrons. The van der Waals surface area contributed by atoms with Gasteiger partial charge in [-0.25, -0.2) is 9.78 Å². The van der Waals surface area contributed by atoms with Gasteiger partial charge in [0.05, 0.1) is 7.11 Å². The van der Waals surface area contributed by atoms with Crippen LogP contribution in [0.1, 0.15) is 32.6 Å². The number of hydrogen-bond acceptors (Lipinski definition) is 6. The van der Waals surface area contributed by atoms with Gasteiger partial charge in [-0.3, -0.25) is 14.5 Å². The number of hydrogen-bond donors (Lipinski definition) is 2. The van der Waals surface area contributed by atoms with Crippen LogP contribution in [0.5, 0.6) is 17.4 Å². The number of ether oxygens (including phenoxy) is 2. The molecule has 9 nitrogen and oxygen atoms in total. The quantitative estimate of drug-likeness (QED) is 0.670. The summed E-state index contributed by atoms with van der Waals surface area (Å²) in [6.07, 6.45) is 4.91. The van der Waals surface area contributed by atoms with E-state index in [4.69, 9.17) is 9.47 Å². The number of amides is 4. The fraction of sp³-hybridized carbons (Fsp3) is 0.391. The van der Waals surface area contributed by atoms with Crippen LogP contribution in [0.4, 0.5) is 10.5 Å². The van der Waals surface area contributed by atoms with Gasteiger partial charge in [0, 0.05) is 6.20 Å². The molecule has 32 heavy (non-hydrogen) atoms. The van der Waals surface area contributed by atoms with Crippen molar-refractivity contribution < 1.29 is 23.9 Å². The normalized spacial score (nSPS) is 22.6. The van der Waals surface area contributed by atoms with Gasteiger partial charge in [-0.05, 0) is 55.2 Å². The van der Waals surface area contributed by atoms with Gasteiger partial charge in [0.25, 0.3) is 5.91 Å². The first kappa shape index (κ1) is 21.6. The highest BCUT2D eigenvalue weighted by atomic mass is 16.5. The van der Waals surface area contributed by atoms with Crippen LogP contribution in [-0.2, 0) is 9.59 Å². The van der Waals surface area contributed by atoms with Gasteiger partial charge in [0.2, 0.25) is 11.8 Å².